The van der Waals surface area contributed by atoms with Gasteiger partial charge in [-0.3, -0.25) is 4.79 Å². The molecule has 0 N–H and O–H groups in total. The van der Waals surface area contributed by atoms with Gasteiger partial charge in [0, 0.05) is 12.0 Å². The highest BCUT2D eigenvalue weighted by Crippen LogP contribution is 2.43. The van der Waals surface area contributed by atoms with Crippen LogP contribution < -0.4 is 4.90 Å². The molecule has 1 aromatic carbocycles. The summed E-state index contributed by atoms with van der Waals surface area (Å²) in [6, 6.07) is 6.47. The Labute approximate surface area is 110 Å². The van der Waals surface area contributed by atoms with Crippen LogP contribution in [0.2, 0.25) is 0 Å². The second-order valence-corrected chi connectivity index (χ2v) is 5.50. The van der Waals surface area contributed by atoms with Crippen LogP contribution in [0.5, 0.6) is 0 Å². The van der Waals surface area contributed by atoms with E-state index in [2.05, 4.69) is 32.0 Å². The Morgan fingerprint density at radius 3 is 2.50 bits per heavy atom. The summed E-state index contributed by atoms with van der Waals surface area (Å²) in [6.07, 6.45) is 3.71. The number of aryl methyl sites for hydroxylation is 1. The Kier molecular flexibility index (Phi) is 3.47. The number of anilines is 1. The van der Waals surface area contributed by atoms with E-state index in [1.807, 2.05) is 18.7 Å². The van der Waals surface area contributed by atoms with Gasteiger partial charge in [-0.1, -0.05) is 32.0 Å². The molecule has 0 radical (unpaired) electrons. The molecule has 2 aliphatic rings. The first-order valence-corrected chi connectivity index (χ1v) is 7.03. The molecule has 0 saturated heterocycles. The molecule has 2 heterocycles. The van der Waals surface area contributed by atoms with E-state index < -0.39 is 0 Å². The summed E-state index contributed by atoms with van der Waals surface area (Å²) in [7, 11) is 0. The van der Waals surface area contributed by atoms with Crippen LogP contribution in [0.25, 0.3) is 0 Å². The van der Waals surface area contributed by atoms with E-state index in [0.29, 0.717) is 12.3 Å². The van der Waals surface area contributed by atoms with Gasteiger partial charge in [0.1, 0.15) is 0 Å². The minimum absolute atomic E-state index is 0.0418. The smallest absolute Gasteiger partial charge is 0.227 e. The topological polar surface area (TPSA) is 20.3 Å². The Balaban J connectivity index is 0.000000574. The van der Waals surface area contributed by atoms with Gasteiger partial charge in [-0.25, -0.2) is 0 Å². The van der Waals surface area contributed by atoms with Gasteiger partial charge in [0.25, 0.3) is 0 Å². The fourth-order valence-corrected chi connectivity index (χ4v) is 3.13. The van der Waals surface area contributed by atoms with Crippen molar-refractivity contribution in [3.05, 3.63) is 29.3 Å². The van der Waals surface area contributed by atoms with Gasteiger partial charge in [-0.2, -0.15) is 0 Å². The van der Waals surface area contributed by atoms with Crippen molar-refractivity contribution in [3.63, 3.8) is 0 Å². The van der Waals surface area contributed by atoms with E-state index in [1.54, 1.807) is 0 Å². The molecule has 0 aromatic heterocycles. The number of para-hydroxylation sites is 1. The zero-order valence-electron chi connectivity index (χ0n) is 11.9. The lowest BCUT2D eigenvalue weighted by molar-refractivity contribution is -0.119. The minimum atomic E-state index is -0.0418. The highest BCUT2D eigenvalue weighted by Gasteiger charge is 2.41. The van der Waals surface area contributed by atoms with Crippen LogP contribution in [-0.4, -0.2) is 11.4 Å². The third-order valence-electron chi connectivity index (χ3n) is 3.74. The number of nitrogens with zero attached hydrogens (tertiary/aromatic N) is 1. The van der Waals surface area contributed by atoms with E-state index >= 15 is 0 Å². The van der Waals surface area contributed by atoms with Crippen LogP contribution in [0.3, 0.4) is 0 Å². The van der Waals surface area contributed by atoms with E-state index in [4.69, 9.17) is 0 Å². The standard InChI is InChI=1S/C14H17NO.C2H6/c1-14(2)9-11-7-3-5-10-6-4-8-12(16)15(14)13(10)11;1-2/h3,5,7H,4,6,8-9H2,1-2H3;1-2H3. The molecular formula is C16H23NO. The molecule has 1 amide bonds. The molecular weight excluding hydrogens is 222 g/mol. The molecule has 0 aliphatic carbocycles. The largest absolute Gasteiger partial charge is 0.306 e. The average molecular weight is 245 g/mol. The van der Waals surface area contributed by atoms with Gasteiger partial charge >= 0.3 is 0 Å². The molecule has 0 fully saturated rings. The van der Waals surface area contributed by atoms with Crippen LogP contribution in [0, 0.1) is 0 Å². The van der Waals surface area contributed by atoms with Crippen molar-refractivity contribution in [1.29, 1.82) is 0 Å². The van der Waals surface area contributed by atoms with E-state index in [-0.39, 0.29) is 5.54 Å². The minimum Gasteiger partial charge on any atom is -0.306 e. The number of hydrogen-bond acceptors (Lipinski definition) is 1. The Bertz CT molecular complexity index is 462. The normalized spacial score (nSPS) is 19.8. The number of carbonyl (C=O) groups is 1. The number of rotatable bonds is 0. The predicted octanol–water partition coefficient (Wildman–Crippen LogP) is 3.72. The maximum absolute atomic E-state index is 12.2. The molecule has 0 spiro atoms. The zero-order chi connectivity index (χ0) is 13.3. The van der Waals surface area contributed by atoms with Gasteiger partial charge in [0.05, 0.1) is 5.69 Å². The fourth-order valence-electron chi connectivity index (χ4n) is 3.13. The summed E-state index contributed by atoms with van der Waals surface area (Å²) in [4.78, 5) is 14.2. The van der Waals surface area contributed by atoms with Gasteiger partial charge in [0.2, 0.25) is 5.91 Å². The highest BCUT2D eigenvalue weighted by atomic mass is 16.2. The molecule has 3 rings (SSSR count). The van der Waals surface area contributed by atoms with Crippen LogP contribution in [-0.2, 0) is 17.6 Å². The summed E-state index contributed by atoms with van der Waals surface area (Å²) in [5.41, 5.74) is 3.88. The van der Waals surface area contributed by atoms with Gasteiger partial charge in [-0.15, -0.1) is 0 Å². The SMILES string of the molecule is CC.CC1(C)Cc2cccc3c2N1C(=O)CCC3. The summed E-state index contributed by atoms with van der Waals surface area (Å²) >= 11 is 0. The molecule has 18 heavy (non-hydrogen) atoms. The Morgan fingerprint density at radius 1 is 1.11 bits per heavy atom. The molecule has 0 atom stereocenters. The second-order valence-electron chi connectivity index (χ2n) is 5.50. The maximum Gasteiger partial charge on any atom is 0.227 e. The fraction of sp³-hybridized carbons (Fsp3) is 0.562. The molecule has 0 unspecified atom stereocenters. The third kappa shape index (κ3) is 1.94. The molecule has 2 nitrogen and oxygen atoms in total. The molecule has 0 saturated carbocycles. The lowest BCUT2D eigenvalue weighted by Crippen LogP contribution is -2.45. The summed E-state index contributed by atoms with van der Waals surface area (Å²) in [5, 5.41) is 0. The van der Waals surface area contributed by atoms with E-state index in [1.165, 1.54) is 16.8 Å². The molecule has 98 valence electrons. The second kappa shape index (κ2) is 4.75. The maximum atomic E-state index is 12.2. The van der Waals surface area contributed by atoms with Crippen molar-refractivity contribution < 1.29 is 4.79 Å². The van der Waals surface area contributed by atoms with Crippen LogP contribution in [0.15, 0.2) is 18.2 Å². The van der Waals surface area contributed by atoms with Crippen LogP contribution in [0.4, 0.5) is 5.69 Å². The van der Waals surface area contributed by atoms with E-state index in [9.17, 15) is 4.79 Å². The van der Waals surface area contributed by atoms with Gasteiger partial charge < -0.3 is 4.90 Å². The van der Waals surface area contributed by atoms with Gasteiger partial charge in [0.15, 0.2) is 0 Å². The van der Waals surface area contributed by atoms with Crippen molar-refractivity contribution in [2.24, 2.45) is 0 Å². The predicted molar refractivity (Wildman–Crippen MR) is 76.0 cm³/mol. The first kappa shape index (κ1) is 13.1. The summed E-state index contributed by atoms with van der Waals surface area (Å²) < 4.78 is 0. The lowest BCUT2D eigenvalue weighted by Gasteiger charge is -2.32. The van der Waals surface area contributed by atoms with Crippen molar-refractivity contribution in [2.45, 2.75) is 58.9 Å². The number of carbonyl (C=O) groups excluding carboxylic acids is 1. The quantitative estimate of drug-likeness (QED) is 0.682. The monoisotopic (exact) mass is 245 g/mol. The summed E-state index contributed by atoms with van der Waals surface area (Å²) in [5.74, 6) is 0.300. The zero-order valence-corrected chi connectivity index (χ0v) is 11.9. The Hall–Kier alpha value is -1.31. The van der Waals surface area contributed by atoms with Gasteiger partial charge in [-0.05, 0) is 44.2 Å². The van der Waals surface area contributed by atoms with Crippen molar-refractivity contribution in [2.75, 3.05) is 4.90 Å². The van der Waals surface area contributed by atoms with E-state index in [0.717, 1.165) is 19.3 Å². The first-order chi connectivity index (χ1) is 8.59. The number of amides is 1. The highest BCUT2D eigenvalue weighted by molar-refractivity contribution is 5.98. The molecule has 2 heteroatoms. The molecule has 0 bridgehead atoms. The molecule has 2 aliphatic heterocycles. The number of hydrogen-bond donors (Lipinski definition) is 0. The van der Waals surface area contributed by atoms with Crippen molar-refractivity contribution >= 4 is 11.6 Å². The summed E-state index contributed by atoms with van der Waals surface area (Å²) in [6.45, 7) is 8.33. The lowest BCUT2D eigenvalue weighted by atomic mass is 9.97. The first-order valence-electron chi connectivity index (χ1n) is 7.03. The third-order valence-corrected chi connectivity index (χ3v) is 3.74. The van der Waals surface area contributed by atoms with Crippen molar-refractivity contribution in [3.8, 4) is 0 Å². The number of benzene rings is 1. The van der Waals surface area contributed by atoms with Crippen LogP contribution in [0.1, 0.15) is 51.7 Å². The van der Waals surface area contributed by atoms with Crippen molar-refractivity contribution in [1.82, 2.24) is 0 Å². The van der Waals surface area contributed by atoms with Crippen LogP contribution >= 0.6 is 0 Å². The molecule has 1 aromatic rings. The average Bonchev–Trinajstić information content (AvgIpc) is 2.50. The Morgan fingerprint density at radius 2 is 1.78 bits per heavy atom.